The van der Waals surface area contributed by atoms with Gasteiger partial charge in [-0.2, -0.15) is 5.26 Å². The van der Waals surface area contributed by atoms with Crippen LogP contribution in [0.4, 0.5) is 5.69 Å². The molecule has 0 atom stereocenters. The van der Waals surface area contributed by atoms with Crippen LogP contribution in [0.25, 0.3) is 0 Å². The van der Waals surface area contributed by atoms with E-state index in [9.17, 15) is 0 Å². The number of nitriles is 1. The first-order chi connectivity index (χ1) is 5.83. The standard InChI is InChI=1S/C9H9N3/c10-4-7-6-2-1-3-9(6)12-5-8(7)11/h5H,1-3,11H2. The minimum Gasteiger partial charge on any atom is -0.396 e. The average molecular weight is 159 g/mol. The van der Waals surface area contributed by atoms with Crippen LogP contribution in [0.2, 0.25) is 0 Å². The quantitative estimate of drug-likeness (QED) is 0.614. The van der Waals surface area contributed by atoms with Crippen LogP contribution < -0.4 is 5.73 Å². The molecule has 2 rings (SSSR count). The largest absolute Gasteiger partial charge is 0.396 e. The monoisotopic (exact) mass is 159 g/mol. The molecule has 0 spiro atoms. The minimum absolute atomic E-state index is 0.512. The van der Waals surface area contributed by atoms with Crippen molar-refractivity contribution in [3.63, 3.8) is 0 Å². The third-order valence-electron chi connectivity index (χ3n) is 2.25. The van der Waals surface area contributed by atoms with Crippen molar-refractivity contribution in [2.75, 3.05) is 5.73 Å². The normalized spacial score (nSPS) is 13.9. The van der Waals surface area contributed by atoms with Gasteiger partial charge in [0.2, 0.25) is 0 Å². The summed E-state index contributed by atoms with van der Waals surface area (Å²) in [4.78, 5) is 4.19. The smallest absolute Gasteiger partial charge is 0.102 e. The van der Waals surface area contributed by atoms with Crippen LogP contribution in [0.15, 0.2) is 6.20 Å². The number of rotatable bonds is 0. The van der Waals surface area contributed by atoms with Gasteiger partial charge in [-0.05, 0) is 24.8 Å². The van der Waals surface area contributed by atoms with Crippen LogP contribution in [-0.2, 0) is 12.8 Å². The lowest BCUT2D eigenvalue weighted by Gasteiger charge is -2.02. The molecule has 0 aromatic carbocycles. The highest BCUT2D eigenvalue weighted by Crippen LogP contribution is 2.26. The van der Waals surface area contributed by atoms with Gasteiger partial charge < -0.3 is 5.73 Å². The molecule has 1 aromatic heterocycles. The van der Waals surface area contributed by atoms with Gasteiger partial charge in [-0.3, -0.25) is 4.98 Å². The first-order valence-electron chi connectivity index (χ1n) is 3.99. The van der Waals surface area contributed by atoms with E-state index in [1.165, 1.54) is 0 Å². The first kappa shape index (κ1) is 7.11. The van der Waals surface area contributed by atoms with Crippen molar-refractivity contribution < 1.29 is 0 Å². The summed E-state index contributed by atoms with van der Waals surface area (Å²) in [6.07, 6.45) is 4.63. The molecule has 1 aliphatic carbocycles. The SMILES string of the molecule is N#Cc1c(N)cnc2c1CCC2. The van der Waals surface area contributed by atoms with Crippen molar-refractivity contribution in [3.05, 3.63) is 23.0 Å². The van der Waals surface area contributed by atoms with Gasteiger partial charge in [0.05, 0.1) is 17.4 Å². The fourth-order valence-electron chi connectivity index (χ4n) is 1.66. The van der Waals surface area contributed by atoms with E-state index in [0.717, 1.165) is 30.5 Å². The van der Waals surface area contributed by atoms with Gasteiger partial charge in [0.1, 0.15) is 6.07 Å². The Labute approximate surface area is 70.8 Å². The summed E-state index contributed by atoms with van der Waals surface area (Å²) in [7, 11) is 0. The van der Waals surface area contributed by atoms with Crippen molar-refractivity contribution in [3.8, 4) is 6.07 Å². The van der Waals surface area contributed by atoms with E-state index in [1.54, 1.807) is 6.20 Å². The lowest BCUT2D eigenvalue weighted by Crippen LogP contribution is -1.98. The maximum absolute atomic E-state index is 8.82. The molecule has 60 valence electrons. The maximum atomic E-state index is 8.82. The molecule has 0 saturated heterocycles. The minimum atomic E-state index is 0.512. The summed E-state index contributed by atoms with van der Waals surface area (Å²) in [5.41, 5.74) is 8.89. The number of nitrogens with zero attached hydrogens (tertiary/aromatic N) is 2. The molecule has 3 nitrogen and oxygen atoms in total. The van der Waals surface area contributed by atoms with Crippen molar-refractivity contribution in [1.29, 1.82) is 5.26 Å². The number of nitrogen functional groups attached to an aromatic ring is 1. The Hall–Kier alpha value is -1.56. The fraction of sp³-hybridized carbons (Fsp3) is 0.333. The van der Waals surface area contributed by atoms with Gasteiger partial charge in [-0.15, -0.1) is 0 Å². The van der Waals surface area contributed by atoms with Crippen molar-refractivity contribution >= 4 is 5.69 Å². The number of nitrogens with two attached hydrogens (primary N) is 1. The summed E-state index contributed by atoms with van der Waals surface area (Å²) in [6.45, 7) is 0. The second-order valence-electron chi connectivity index (χ2n) is 2.98. The van der Waals surface area contributed by atoms with E-state index < -0.39 is 0 Å². The number of aryl methyl sites for hydroxylation is 1. The van der Waals surface area contributed by atoms with Crippen LogP contribution in [0.5, 0.6) is 0 Å². The molecule has 0 aliphatic heterocycles. The lowest BCUT2D eigenvalue weighted by molar-refractivity contribution is 0.899. The summed E-state index contributed by atoms with van der Waals surface area (Å²) >= 11 is 0. The number of anilines is 1. The van der Waals surface area contributed by atoms with Gasteiger partial charge in [0.25, 0.3) is 0 Å². The van der Waals surface area contributed by atoms with Crippen LogP contribution in [0.3, 0.4) is 0 Å². The molecule has 0 amide bonds. The van der Waals surface area contributed by atoms with Crippen molar-refractivity contribution in [1.82, 2.24) is 4.98 Å². The van der Waals surface area contributed by atoms with Crippen LogP contribution in [0.1, 0.15) is 23.2 Å². The lowest BCUT2D eigenvalue weighted by atomic mass is 10.1. The molecular weight excluding hydrogens is 150 g/mol. The molecule has 0 bridgehead atoms. The highest BCUT2D eigenvalue weighted by molar-refractivity contribution is 5.58. The molecule has 1 aromatic rings. The Bertz CT molecular complexity index is 363. The molecule has 1 heterocycles. The predicted octanol–water partition coefficient (Wildman–Crippen LogP) is 1.02. The van der Waals surface area contributed by atoms with Gasteiger partial charge in [-0.1, -0.05) is 0 Å². The molecule has 0 fully saturated rings. The molecular formula is C9H9N3. The van der Waals surface area contributed by atoms with Gasteiger partial charge in [-0.25, -0.2) is 0 Å². The molecule has 1 aliphatic rings. The molecule has 0 radical (unpaired) electrons. The second kappa shape index (κ2) is 2.49. The number of hydrogen-bond donors (Lipinski definition) is 1. The van der Waals surface area contributed by atoms with Crippen LogP contribution in [0, 0.1) is 11.3 Å². The first-order valence-corrected chi connectivity index (χ1v) is 3.99. The van der Waals surface area contributed by atoms with E-state index in [-0.39, 0.29) is 0 Å². The second-order valence-corrected chi connectivity index (χ2v) is 2.98. The Morgan fingerprint density at radius 3 is 3.08 bits per heavy atom. The Morgan fingerprint density at radius 2 is 2.33 bits per heavy atom. The van der Waals surface area contributed by atoms with E-state index >= 15 is 0 Å². The van der Waals surface area contributed by atoms with Crippen LogP contribution >= 0.6 is 0 Å². The number of fused-ring (bicyclic) bond motifs is 1. The zero-order valence-corrected chi connectivity index (χ0v) is 6.67. The van der Waals surface area contributed by atoms with Gasteiger partial charge in [0.15, 0.2) is 0 Å². The van der Waals surface area contributed by atoms with Crippen molar-refractivity contribution in [2.24, 2.45) is 0 Å². The summed E-state index contributed by atoms with van der Waals surface area (Å²) in [6, 6.07) is 2.13. The molecule has 0 unspecified atom stereocenters. The number of pyridine rings is 1. The Kier molecular flexibility index (Phi) is 1.47. The third-order valence-corrected chi connectivity index (χ3v) is 2.25. The molecule has 2 N–H and O–H groups in total. The molecule has 3 heteroatoms. The summed E-state index contributed by atoms with van der Waals surface area (Å²) in [5, 5.41) is 8.82. The van der Waals surface area contributed by atoms with Gasteiger partial charge in [0, 0.05) is 5.69 Å². The predicted molar refractivity (Wildman–Crippen MR) is 45.4 cm³/mol. The zero-order chi connectivity index (χ0) is 8.55. The van der Waals surface area contributed by atoms with E-state index in [0.29, 0.717) is 11.3 Å². The fourth-order valence-corrected chi connectivity index (χ4v) is 1.66. The number of aromatic nitrogens is 1. The van der Waals surface area contributed by atoms with Crippen molar-refractivity contribution in [2.45, 2.75) is 19.3 Å². The summed E-state index contributed by atoms with van der Waals surface area (Å²) in [5.74, 6) is 0. The van der Waals surface area contributed by atoms with Gasteiger partial charge >= 0.3 is 0 Å². The third kappa shape index (κ3) is 0.850. The Balaban J connectivity index is 2.67. The average Bonchev–Trinajstić information content (AvgIpc) is 2.52. The number of hydrogen-bond acceptors (Lipinski definition) is 3. The topological polar surface area (TPSA) is 62.7 Å². The summed E-state index contributed by atoms with van der Waals surface area (Å²) < 4.78 is 0. The van der Waals surface area contributed by atoms with E-state index in [2.05, 4.69) is 11.1 Å². The maximum Gasteiger partial charge on any atom is 0.102 e. The zero-order valence-electron chi connectivity index (χ0n) is 6.67. The highest BCUT2D eigenvalue weighted by Gasteiger charge is 2.17. The van der Waals surface area contributed by atoms with Crippen LogP contribution in [-0.4, -0.2) is 4.98 Å². The Morgan fingerprint density at radius 1 is 1.50 bits per heavy atom. The van der Waals surface area contributed by atoms with E-state index in [1.807, 2.05) is 0 Å². The highest BCUT2D eigenvalue weighted by atomic mass is 14.7. The molecule has 0 saturated carbocycles. The van der Waals surface area contributed by atoms with E-state index in [4.69, 9.17) is 11.0 Å². The molecule has 12 heavy (non-hydrogen) atoms.